The summed E-state index contributed by atoms with van der Waals surface area (Å²) >= 11 is 0. The number of carbonyl (C=O) groups is 2. The van der Waals surface area contributed by atoms with Gasteiger partial charge in [-0.15, -0.1) is 0 Å². The second-order valence-electron chi connectivity index (χ2n) is 7.28. The van der Waals surface area contributed by atoms with Crippen LogP contribution < -0.4 is 15.4 Å². The zero-order valence-electron chi connectivity index (χ0n) is 17.8. The van der Waals surface area contributed by atoms with Crippen molar-refractivity contribution < 1.29 is 27.5 Å². The zero-order chi connectivity index (χ0) is 24.3. The first kappa shape index (κ1) is 22.8. The van der Waals surface area contributed by atoms with Crippen molar-refractivity contribution >= 4 is 28.3 Å². The molecular weight excluding hydrogens is 447 g/mol. The Hall–Kier alpha value is -4.40. The molecule has 0 radical (unpaired) electrons. The average molecular weight is 465 g/mol. The highest BCUT2D eigenvalue weighted by atomic mass is 19.4. The molecule has 172 valence electrons. The fraction of sp³-hybridized carbons (Fsp3) is 0.0800. The fourth-order valence-electron chi connectivity index (χ4n) is 3.33. The van der Waals surface area contributed by atoms with E-state index in [1.807, 2.05) is 0 Å². The number of halogens is 3. The number of alkyl halides is 3. The zero-order valence-corrected chi connectivity index (χ0v) is 17.8. The highest BCUT2D eigenvalue weighted by Gasteiger charge is 2.30. The molecule has 0 aliphatic carbocycles. The van der Waals surface area contributed by atoms with Gasteiger partial charge in [0.1, 0.15) is 17.2 Å². The third-order valence-corrected chi connectivity index (χ3v) is 4.99. The number of anilines is 1. The average Bonchev–Trinajstić information content (AvgIpc) is 2.83. The van der Waals surface area contributed by atoms with Crippen LogP contribution in [0.1, 0.15) is 26.4 Å². The molecular formula is C25H18F3N3O3. The van der Waals surface area contributed by atoms with E-state index in [0.717, 1.165) is 17.5 Å². The Bertz CT molecular complexity index is 1370. The van der Waals surface area contributed by atoms with E-state index >= 15 is 0 Å². The summed E-state index contributed by atoms with van der Waals surface area (Å²) in [6, 6.07) is 17.6. The Balaban J connectivity index is 1.55. The summed E-state index contributed by atoms with van der Waals surface area (Å²) in [5, 5.41) is 6.48. The van der Waals surface area contributed by atoms with Gasteiger partial charge in [-0.3, -0.25) is 14.6 Å². The first-order valence-electron chi connectivity index (χ1n) is 10.1. The van der Waals surface area contributed by atoms with Gasteiger partial charge in [0, 0.05) is 30.6 Å². The van der Waals surface area contributed by atoms with Gasteiger partial charge < -0.3 is 15.4 Å². The lowest BCUT2D eigenvalue weighted by Crippen LogP contribution is -2.18. The van der Waals surface area contributed by atoms with E-state index in [1.165, 1.54) is 31.4 Å². The number of nitrogens with one attached hydrogen (secondary N) is 2. The molecule has 0 aliphatic heterocycles. The van der Waals surface area contributed by atoms with E-state index in [9.17, 15) is 22.8 Å². The van der Waals surface area contributed by atoms with Crippen LogP contribution in [-0.2, 0) is 6.18 Å². The van der Waals surface area contributed by atoms with E-state index in [4.69, 9.17) is 4.74 Å². The lowest BCUT2D eigenvalue weighted by Gasteiger charge is -2.11. The number of aromatic nitrogens is 1. The number of amides is 2. The molecule has 3 aromatic carbocycles. The summed E-state index contributed by atoms with van der Waals surface area (Å²) in [7, 11) is 1.51. The topological polar surface area (TPSA) is 80.3 Å². The Labute approximate surface area is 192 Å². The second kappa shape index (κ2) is 9.22. The Morgan fingerprint density at radius 1 is 0.882 bits per heavy atom. The molecule has 9 heteroatoms. The number of fused-ring (bicyclic) bond motifs is 1. The second-order valence-corrected chi connectivity index (χ2v) is 7.28. The van der Waals surface area contributed by atoms with Crippen molar-refractivity contribution in [2.45, 2.75) is 6.18 Å². The van der Waals surface area contributed by atoms with Crippen LogP contribution in [0.25, 0.3) is 10.8 Å². The Morgan fingerprint density at radius 2 is 1.62 bits per heavy atom. The van der Waals surface area contributed by atoms with Gasteiger partial charge in [-0.2, -0.15) is 13.2 Å². The molecule has 6 nitrogen and oxygen atoms in total. The van der Waals surface area contributed by atoms with Crippen LogP contribution in [0, 0.1) is 0 Å². The van der Waals surface area contributed by atoms with Crippen molar-refractivity contribution in [3.05, 3.63) is 95.8 Å². The summed E-state index contributed by atoms with van der Waals surface area (Å²) < 4.78 is 44.1. The van der Waals surface area contributed by atoms with Crippen molar-refractivity contribution in [2.75, 3.05) is 12.4 Å². The van der Waals surface area contributed by atoms with Crippen molar-refractivity contribution in [3.8, 4) is 11.5 Å². The molecule has 1 heterocycles. The minimum absolute atomic E-state index is 0.211. The Kier molecular flexibility index (Phi) is 6.18. The maximum absolute atomic E-state index is 12.8. The van der Waals surface area contributed by atoms with Crippen LogP contribution in [0.2, 0.25) is 0 Å². The normalized spacial score (nSPS) is 11.2. The number of carbonyl (C=O) groups excluding carboxylic acids is 2. The number of rotatable bonds is 5. The quantitative estimate of drug-likeness (QED) is 0.399. The largest absolute Gasteiger partial charge is 0.457 e. The van der Waals surface area contributed by atoms with E-state index < -0.39 is 17.6 Å². The lowest BCUT2D eigenvalue weighted by molar-refractivity contribution is -0.137. The summed E-state index contributed by atoms with van der Waals surface area (Å²) in [4.78, 5) is 28.6. The maximum Gasteiger partial charge on any atom is 0.416 e. The minimum Gasteiger partial charge on any atom is -0.457 e. The van der Waals surface area contributed by atoms with Gasteiger partial charge in [-0.1, -0.05) is 12.1 Å². The third-order valence-electron chi connectivity index (χ3n) is 4.99. The van der Waals surface area contributed by atoms with Crippen molar-refractivity contribution in [2.24, 2.45) is 0 Å². The summed E-state index contributed by atoms with van der Waals surface area (Å²) in [6.45, 7) is 0. The number of benzene rings is 3. The predicted molar refractivity (Wildman–Crippen MR) is 121 cm³/mol. The van der Waals surface area contributed by atoms with Crippen LogP contribution in [0.3, 0.4) is 0 Å². The fourth-order valence-corrected chi connectivity index (χ4v) is 3.33. The first-order chi connectivity index (χ1) is 16.2. The molecule has 2 N–H and O–H groups in total. The number of nitrogens with zero attached hydrogens (tertiary/aromatic N) is 1. The van der Waals surface area contributed by atoms with Crippen molar-refractivity contribution in [1.29, 1.82) is 0 Å². The molecule has 4 rings (SSSR count). The van der Waals surface area contributed by atoms with Crippen molar-refractivity contribution in [3.63, 3.8) is 0 Å². The molecule has 0 atom stereocenters. The Morgan fingerprint density at radius 3 is 2.32 bits per heavy atom. The van der Waals surface area contributed by atoms with Gasteiger partial charge in [0.2, 0.25) is 0 Å². The molecule has 0 bridgehead atoms. The smallest absolute Gasteiger partial charge is 0.416 e. The molecule has 34 heavy (non-hydrogen) atoms. The first-order valence-corrected chi connectivity index (χ1v) is 10.1. The molecule has 2 amide bonds. The SMILES string of the molecule is CNC(=O)c1cc(Oc2ccc3c(C(=O)Nc4ccc(C(F)(F)F)cc4)cccc3c2)ccn1. The molecule has 0 unspecified atom stereocenters. The molecule has 4 aromatic rings. The minimum atomic E-state index is -4.45. The molecule has 1 aromatic heterocycles. The van der Waals surface area contributed by atoms with E-state index in [2.05, 4.69) is 15.6 Å². The van der Waals surface area contributed by atoms with Gasteiger partial charge in [0.25, 0.3) is 11.8 Å². The molecule has 0 fully saturated rings. The van der Waals surface area contributed by atoms with E-state index in [0.29, 0.717) is 22.4 Å². The monoisotopic (exact) mass is 465 g/mol. The molecule has 0 saturated heterocycles. The predicted octanol–water partition coefficient (Wildman–Crippen LogP) is 5.66. The van der Waals surface area contributed by atoms with Gasteiger partial charge >= 0.3 is 6.18 Å². The van der Waals surface area contributed by atoms with Gasteiger partial charge in [0.15, 0.2) is 0 Å². The van der Waals surface area contributed by atoms with Gasteiger partial charge in [-0.05, 0) is 65.4 Å². The molecule has 0 saturated carbocycles. The van der Waals surface area contributed by atoms with Crippen LogP contribution in [-0.4, -0.2) is 23.8 Å². The maximum atomic E-state index is 12.8. The number of pyridine rings is 1. The van der Waals surface area contributed by atoms with E-state index in [-0.39, 0.29) is 17.3 Å². The molecule has 0 aliphatic rings. The standard InChI is InChI=1S/C25H18F3N3O3/c1-29-24(33)22-14-19(11-12-30-22)34-18-9-10-20-15(13-18)3-2-4-21(20)23(32)31-17-7-5-16(6-8-17)25(26,27)28/h2-14H,1H3,(H,29,33)(H,31,32). The number of hydrogen-bond acceptors (Lipinski definition) is 4. The van der Waals surface area contributed by atoms with E-state index in [1.54, 1.807) is 42.5 Å². The van der Waals surface area contributed by atoms with Gasteiger partial charge in [-0.25, -0.2) is 0 Å². The molecule has 0 spiro atoms. The lowest BCUT2D eigenvalue weighted by atomic mass is 10.0. The van der Waals surface area contributed by atoms with Gasteiger partial charge in [0.05, 0.1) is 5.56 Å². The van der Waals surface area contributed by atoms with Crippen LogP contribution >= 0.6 is 0 Å². The summed E-state index contributed by atoms with van der Waals surface area (Å²) in [6.07, 6.45) is -2.98. The van der Waals surface area contributed by atoms with Crippen LogP contribution in [0.15, 0.2) is 79.0 Å². The van der Waals surface area contributed by atoms with Crippen LogP contribution in [0.5, 0.6) is 11.5 Å². The highest BCUT2D eigenvalue weighted by Crippen LogP contribution is 2.31. The third kappa shape index (κ3) is 4.98. The summed E-state index contributed by atoms with van der Waals surface area (Å²) in [5.41, 5.74) is 0.0252. The number of ether oxygens (including phenoxy) is 1. The number of hydrogen-bond donors (Lipinski definition) is 2. The highest BCUT2D eigenvalue weighted by molar-refractivity contribution is 6.13. The van der Waals surface area contributed by atoms with Crippen molar-refractivity contribution in [1.82, 2.24) is 10.3 Å². The van der Waals surface area contributed by atoms with Crippen LogP contribution in [0.4, 0.5) is 18.9 Å². The summed E-state index contributed by atoms with van der Waals surface area (Å²) in [5.74, 6) is 0.113.